The maximum atomic E-state index is 12.6. The summed E-state index contributed by atoms with van der Waals surface area (Å²) >= 11 is 0. The Labute approximate surface area is 375 Å². The molecule has 61 heavy (non-hydrogen) atoms. The lowest BCUT2D eigenvalue weighted by atomic mass is 10.1. The third-order valence-electron chi connectivity index (χ3n) is 10.1. The van der Waals surface area contributed by atoms with E-state index in [0.29, 0.717) is 19.3 Å². The normalized spacial score (nSPS) is 12.9. The fourth-order valence-electron chi connectivity index (χ4n) is 6.40. The maximum Gasteiger partial charge on any atom is 0.306 e. The summed E-state index contributed by atoms with van der Waals surface area (Å²) in [6.45, 7) is 6.40. The maximum absolute atomic E-state index is 12.6. The number of ether oxygens (including phenoxy) is 3. The molecule has 6 heteroatoms. The quantitative estimate of drug-likeness (QED) is 0.0263. The average molecular weight is 847 g/mol. The van der Waals surface area contributed by atoms with Crippen molar-refractivity contribution in [3.05, 3.63) is 97.2 Å². The molecule has 0 bridgehead atoms. The first-order valence-corrected chi connectivity index (χ1v) is 24.7. The zero-order valence-electron chi connectivity index (χ0n) is 39.4. The second kappa shape index (κ2) is 49.0. The predicted octanol–water partition coefficient (Wildman–Crippen LogP) is 16.2. The van der Waals surface area contributed by atoms with Crippen molar-refractivity contribution < 1.29 is 28.6 Å². The lowest BCUT2D eigenvalue weighted by Gasteiger charge is -2.18. The van der Waals surface area contributed by atoms with Crippen LogP contribution in [0.4, 0.5) is 0 Å². The highest BCUT2D eigenvalue weighted by molar-refractivity contribution is 5.71. The van der Waals surface area contributed by atoms with Crippen LogP contribution in [0.2, 0.25) is 0 Å². The molecule has 0 saturated heterocycles. The Hall–Kier alpha value is -3.67. The molecule has 0 aromatic heterocycles. The van der Waals surface area contributed by atoms with Gasteiger partial charge in [0.05, 0.1) is 0 Å². The third kappa shape index (κ3) is 47.2. The van der Waals surface area contributed by atoms with Crippen LogP contribution in [0, 0.1) is 0 Å². The van der Waals surface area contributed by atoms with Gasteiger partial charge in [-0.25, -0.2) is 0 Å². The Morgan fingerprint density at radius 1 is 0.344 bits per heavy atom. The Morgan fingerprint density at radius 2 is 0.639 bits per heavy atom. The van der Waals surface area contributed by atoms with E-state index in [1.807, 2.05) is 0 Å². The van der Waals surface area contributed by atoms with E-state index in [2.05, 4.69) is 118 Å². The summed E-state index contributed by atoms with van der Waals surface area (Å²) in [6, 6.07) is 0. The first-order chi connectivity index (χ1) is 30.0. The molecule has 0 N–H and O–H groups in total. The molecule has 0 saturated carbocycles. The van der Waals surface area contributed by atoms with Gasteiger partial charge in [-0.15, -0.1) is 0 Å². The number of esters is 3. The molecule has 0 amide bonds. The molecule has 0 spiro atoms. The van der Waals surface area contributed by atoms with Gasteiger partial charge in [-0.3, -0.25) is 14.4 Å². The van der Waals surface area contributed by atoms with Crippen molar-refractivity contribution >= 4 is 17.9 Å². The number of allylic oxidation sites excluding steroid dienone is 16. The predicted molar refractivity (Wildman–Crippen MR) is 260 cm³/mol. The standard InChI is InChI=1S/C55H90O6/c1-4-7-10-13-16-18-19-20-21-22-23-24-25-26-27-28-29-30-31-32-33-34-35-37-39-42-45-48-54(57)60-51-52(50-59-53(56)47-44-41-38-15-12-9-6-3)61-55(58)49-46-43-40-36-17-14-11-8-5-2/h7,10,16,18,20-21,23-24,26-27,29-30,32-33,35,37,52H,4-6,8-9,11-15,17,19,22,25,28,31,34,36,38-51H2,1-3H3/b10-7-,18-16-,21-20-,24-23-,27-26-,30-29-,33-32-,37-35-. The van der Waals surface area contributed by atoms with Crippen LogP contribution in [0.5, 0.6) is 0 Å². The van der Waals surface area contributed by atoms with Crippen LogP contribution in [-0.2, 0) is 28.6 Å². The van der Waals surface area contributed by atoms with Crippen LogP contribution in [0.15, 0.2) is 97.2 Å². The number of carbonyl (C=O) groups excluding carboxylic acids is 3. The van der Waals surface area contributed by atoms with Crippen molar-refractivity contribution in [2.45, 2.75) is 219 Å². The van der Waals surface area contributed by atoms with Crippen LogP contribution in [-0.4, -0.2) is 37.2 Å². The molecule has 0 fully saturated rings. The molecule has 0 aromatic carbocycles. The minimum absolute atomic E-state index is 0.0905. The Kier molecular flexibility index (Phi) is 46.0. The van der Waals surface area contributed by atoms with Gasteiger partial charge in [0.2, 0.25) is 0 Å². The van der Waals surface area contributed by atoms with E-state index in [9.17, 15) is 14.4 Å². The summed E-state index contributed by atoms with van der Waals surface area (Å²) in [4.78, 5) is 37.6. The van der Waals surface area contributed by atoms with E-state index in [0.717, 1.165) is 109 Å². The molecule has 0 radical (unpaired) electrons. The minimum atomic E-state index is -0.789. The molecule has 0 aliphatic heterocycles. The molecule has 0 rings (SSSR count). The Balaban J connectivity index is 4.25. The summed E-state index contributed by atoms with van der Waals surface area (Å²) in [7, 11) is 0. The van der Waals surface area contributed by atoms with Crippen LogP contribution >= 0.6 is 0 Å². The van der Waals surface area contributed by atoms with E-state index in [1.165, 1.54) is 64.2 Å². The summed E-state index contributed by atoms with van der Waals surface area (Å²) in [5.41, 5.74) is 0. The van der Waals surface area contributed by atoms with Gasteiger partial charge < -0.3 is 14.2 Å². The SMILES string of the molecule is CC/C=C\C/C=C\C/C=C\C/C=C\C/C=C\C/C=C\C/C=C\C/C=C\CCCCC(=O)OCC(COC(=O)CCCCCCCCC)OC(=O)CCCCCCCCCCC. The van der Waals surface area contributed by atoms with Crippen molar-refractivity contribution in [1.29, 1.82) is 0 Å². The van der Waals surface area contributed by atoms with Gasteiger partial charge >= 0.3 is 17.9 Å². The van der Waals surface area contributed by atoms with E-state index in [1.54, 1.807) is 0 Å². The average Bonchev–Trinajstić information content (AvgIpc) is 3.26. The topological polar surface area (TPSA) is 78.9 Å². The van der Waals surface area contributed by atoms with Gasteiger partial charge in [-0.05, 0) is 83.5 Å². The molecular weight excluding hydrogens is 757 g/mol. The number of unbranched alkanes of at least 4 members (excludes halogenated alkanes) is 16. The lowest BCUT2D eigenvalue weighted by molar-refractivity contribution is -0.167. The molecule has 6 nitrogen and oxygen atoms in total. The van der Waals surface area contributed by atoms with Crippen LogP contribution in [0.1, 0.15) is 213 Å². The Morgan fingerprint density at radius 3 is 1.00 bits per heavy atom. The minimum Gasteiger partial charge on any atom is -0.462 e. The van der Waals surface area contributed by atoms with Crippen LogP contribution < -0.4 is 0 Å². The number of hydrogen-bond acceptors (Lipinski definition) is 6. The molecule has 0 aromatic rings. The van der Waals surface area contributed by atoms with Crippen molar-refractivity contribution in [2.24, 2.45) is 0 Å². The van der Waals surface area contributed by atoms with Crippen LogP contribution in [0.3, 0.4) is 0 Å². The molecule has 0 heterocycles. The number of carbonyl (C=O) groups is 3. The van der Waals surface area contributed by atoms with E-state index < -0.39 is 6.10 Å². The second-order valence-corrected chi connectivity index (χ2v) is 16.0. The lowest BCUT2D eigenvalue weighted by Crippen LogP contribution is -2.30. The smallest absolute Gasteiger partial charge is 0.306 e. The number of rotatable bonds is 43. The molecule has 1 atom stereocenters. The molecular formula is C55H90O6. The van der Waals surface area contributed by atoms with Crippen LogP contribution in [0.25, 0.3) is 0 Å². The highest BCUT2D eigenvalue weighted by Crippen LogP contribution is 2.13. The highest BCUT2D eigenvalue weighted by Gasteiger charge is 2.19. The van der Waals surface area contributed by atoms with Crippen molar-refractivity contribution in [3.8, 4) is 0 Å². The first-order valence-electron chi connectivity index (χ1n) is 24.7. The largest absolute Gasteiger partial charge is 0.462 e. The third-order valence-corrected chi connectivity index (χ3v) is 10.1. The molecule has 1 unspecified atom stereocenters. The summed E-state index contributed by atoms with van der Waals surface area (Å²) < 4.78 is 16.6. The highest BCUT2D eigenvalue weighted by atomic mass is 16.6. The van der Waals surface area contributed by atoms with Gasteiger partial charge in [0.15, 0.2) is 6.10 Å². The number of hydrogen-bond donors (Lipinski definition) is 0. The van der Waals surface area contributed by atoms with E-state index in [-0.39, 0.29) is 31.1 Å². The zero-order valence-corrected chi connectivity index (χ0v) is 39.4. The van der Waals surface area contributed by atoms with Gasteiger partial charge in [0.1, 0.15) is 13.2 Å². The van der Waals surface area contributed by atoms with Crippen molar-refractivity contribution in [3.63, 3.8) is 0 Å². The Bertz CT molecular complexity index is 1250. The van der Waals surface area contributed by atoms with Gasteiger partial charge in [0, 0.05) is 19.3 Å². The summed E-state index contributed by atoms with van der Waals surface area (Å²) in [5, 5.41) is 0. The zero-order chi connectivity index (χ0) is 44.4. The second-order valence-electron chi connectivity index (χ2n) is 16.0. The fraction of sp³-hybridized carbons (Fsp3) is 0.655. The molecule has 0 aliphatic carbocycles. The summed E-state index contributed by atoms with van der Waals surface area (Å²) in [6.07, 6.45) is 64.2. The van der Waals surface area contributed by atoms with Gasteiger partial charge in [0.25, 0.3) is 0 Å². The van der Waals surface area contributed by atoms with Crippen molar-refractivity contribution in [2.75, 3.05) is 13.2 Å². The molecule has 346 valence electrons. The van der Waals surface area contributed by atoms with Crippen molar-refractivity contribution in [1.82, 2.24) is 0 Å². The monoisotopic (exact) mass is 847 g/mol. The van der Waals surface area contributed by atoms with E-state index >= 15 is 0 Å². The van der Waals surface area contributed by atoms with Gasteiger partial charge in [-0.1, -0.05) is 208 Å². The fourth-order valence-corrected chi connectivity index (χ4v) is 6.40. The first kappa shape index (κ1) is 57.3. The summed E-state index contributed by atoms with van der Waals surface area (Å²) in [5.74, 6) is -0.952. The molecule has 0 aliphatic rings. The van der Waals surface area contributed by atoms with E-state index in [4.69, 9.17) is 14.2 Å². The van der Waals surface area contributed by atoms with Gasteiger partial charge in [-0.2, -0.15) is 0 Å².